The second kappa shape index (κ2) is 6.52. The van der Waals surface area contributed by atoms with Crippen LogP contribution in [0.5, 0.6) is 0 Å². The van der Waals surface area contributed by atoms with Crippen LogP contribution >= 0.6 is 27.3 Å². The molecule has 0 aliphatic heterocycles. The molecule has 1 aliphatic rings. The van der Waals surface area contributed by atoms with Gasteiger partial charge in [-0.25, -0.2) is 13.2 Å². The van der Waals surface area contributed by atoms with Gasteiger partial charge >= 0.3 is 5.97 Å². The highest BCUT2D eigenvalue weighted by molar-refractivity contribution is 9.11. The van der Waals surface area contributed by atoms with Crippen LogP contribution in [0.3, 0.4) is 0 Å². The van der Waals surface area contributed by atoms with E-state index in [0.29, 0.717) is 3.79 Å². The fraction of sp³-hybridized carbons (Fsp3) is 0.545. The first-order valence-electron chi connectivity index (χ1n) is 5.99. The van der Waals surface area contributed by atoms with Crippen LogP contribution in [0.15, 0.2) is 14.7 Å². The Labute approximate surface area is 129 Å². The minimum absolute atomic E-state index is 0.0269. The Bertz CT molecular complexity index is 592. The van der Waals surface area contributed by atoms with Crippen LogP contribution in [-0.2, 0) is 19.6 Å². The van der Waals surface area contributed by atoms with Gasteiger partial charge in [-0.05, 0) is 34.8 Å². The fourth-order valence-corrected chi connectivity index (χ4v) is 5.26. The molecule has 1 heterocycles. The van der Waals surface area contributed by atoms with Crippen LogP contribution in [0.4, 0.5) is 0 Å². The largest absolute Gasteiger partial charge is 0.465 e. The molecule has 0 aromatic carbocycles. The number of hydrogen-bond donors (Lipinski definition) is 1. The van der Waals surface area contributed by atoms with Gasteiger partial charge in [0.05, 0.1) is 17.0 Å². The molecule has 0 amide bonds. The number of carbonyl (C=O) groups excluding carboxylic acids is 1. The van der Waals surface area contributed by atoms with Crippen molar-refractivity contribution in [2.45, 2.75) is 36.7 Å². The number of methoxy groups -OCH3 is 1. The summed E-state index contributed by atoms with van der Waals surface area (Å²) >= 11 is 4.14. The minimum atomic E-state index is -3.82. The van der Waals surface area contributed by atoms with Crippen molar-refractivity contribution in [3.05, 3.63) is 14.7 Å². The molecule has 1 aliphatic carbocycles. The van der Waals surface area contributed by atoms with E-state index in [1.807, 2.05) is 0 Å². The first-order valence-corrected chi connectivity index (χ1v) is 9.08. The van der Waals surface area contributed by atoms with Gasteiger partial charge < -0.3 is 4.74 Å². The SMILES string of the molecule is COC(=O)c1cc(S(=O)(=O)NOC2CCCC2)c(Br)s1. The Morgan fingerprint density at radius 2 is 2.10 bits per heavy atom. The number of rotatable bonds is 5. The zero-order valence-electron chi connectivity index (χ0n) is 10.7. The Morgan fingerprint density at radius 3 is 2.70 bits per heavy atom. The van der Waals surface area contributed by atoms with Crippen LogP contribution in [0.25, 0.3) is 0 Å². The molecule has 20 heavy (non-hydrogen) atoms. The van der Waals surface area contributed by atoms with Gasteiger partial charge in [0.2, 0.25) is 0 Å². The summed E-state index contributed by atoms with van der Waals surface area (Å²) in [4.78, 5) is 18.9. The number of thiophene rings is 1. The summed E-state index contributed by atoms with van der Waals surface area (Å²) < 4.78 is 29.1. The molecule has 0 bridgehead atoms. The summed E-state index contributed by atoms with van der Waals surface area (Å²) in [5.74, 6) is -0.575. The van der Waals surface area contributed by atoms with E-state index >= 15 is 0 Å². The molecule has 1 fully saturated rings. The highest BCUT2D eigenvalue weighted by Crippen LogP contribution is 2.32. The molecule has 0 radical (unpaired) electrons. The number of nitrogens with one attached hydrogen (secondary N) is 1. The van der Waals surface area contributed by atoms with E-state index in [2.05, 4.69) is 25.6 Å². The highest BCUT2D eigenvalue weighted by atomic mass is 79.9. The van der Waals surface area contributed by atoms with Crippen LogP contribution < -0.4 is 4.89 Å². The van der Waals surface area contributed by atoms with E-state index in [1.165, 1.54) is 13.2 Å². The van der Waals surface area contributed by atoms with Crippen molar-refractivity contribution < 1.29 is 22.8 Å². The van der Waals surface area contributed by atoms with Gasteiger partial charge in [0, 0.05) is 0 Å². The average molecular weight is 384 g/mol. The molecule has 0 saturated heterocycles. The van der Waals surface area contributed by atoms with Gasteiger partial charge in [-0.2, -0.15) is 0 Å². The Kier molecular flexibility index (Phi) is 5.19. The number of hydrogen-bond acceptors (Lipinski definition) is 6. The lowest BCUT2D eigenvalue weighted by Crippen LogP contribution is -2.28. The second-order valence-corrected chi connectivity index (χ2v) is 8.33. The van der Waals surface area contributed by atoms with E-state index in [1.54, 1.807) is 0 Å². The molecule has 2 rings (SSSR count). The van der Waals surface area contributed by atoms with E-state index in [-0.39, 0.29) is 15.9 Å². The monoisotopic (exact) mass is 383 g/mol. The van der Waals surface area contributed by atoms with Crippen molar-refractivity contribution in [3.63, 3.8) is 0 Å². The molecular formula is C11H14BrNO5S2. The van der Waals surface area contributed by atoms with Crippen molar-refractivity contribution >= 4 is 43.3 Å². The third-order valence-corrected chi connectivity index (χ3v) is 6.38. The smallest absolute Gasteiger partial charge is 0.348 e. The van der Waals surface area contributed by atoms with Crippen molar-refractivity contribution in [2.24, 2.45) is 0 Å². The Morgan fingerprint density at radius 1 is 1.45 bits per heavy atom. The molecule has 112 valence electrons. The molecule has 1 aromatic rings. The molecular weight excluding hydrogens is 370 g/mol. The molecule has 1 saturated carbocycles. The molecule has 1 N–H and O–H groups in total. The van der Waals surface area contributed by atoms with Crippen LogP contribution in [0, 0.1) is 0 Å². The summed E-state index contributed by atoms with van der Waals surface area (Å²) in [6.45, 7) is 0. The zero-order chi connectivity index (χ0) is 14.8. The zero-order valence-corrected chi connectivity index (χ0v) is 13.9. The fourth-order valence-electron chi connectivity index (χ4n) is 1.92. The second-order valence-electron chi connectivity index (χ2n) is 4.35. The van der Waals surface area contributed by atoms with Crippen molar-refractivity contribution in [1.29, 1.82) is 0 Å². The van der Waals surface area contributed by atoms with Gasteiger partial charge in [0.25, 0.3) is 10.0 Å². The molecule has 0 spiro atoms. The summed E-state index contributed by atoms with van der Waals surface area (Å²) in [7, 11) is -2.57. The summed E-state index contributed by atoms with van der Waals surface area (Å²) in [6, 6.07) is 1.26. The first kappa shape index (κ1) is 15.9. The summed E-state index contributed by atoms with van der Waals surface area (Å²) in [5, 5.41) is 0. The predicted octanol–water partition coefficient (Wildman–Crippen LogP) is 2.45. The Hall–Kier alpha value is -0.480. The van der Waals surface area contributed by atoms with E-state index in [4.69, 9.17) is 4.84 Å². The summed E-state index contributed by atoms with van der Waals surface area (Å²) in [5.41, 5.74) is 0. The first-order chi connectivity index (χ1) is 9.44. The highest BCUT2D eigenvalue weighted by Gasteiger charge is 2.26. The van der Waals surface area contributed by atoms with Gasteiger partial charge in [-0.1, -0.05) is 17.7 Å². The number of esters is 1. The lowest BCUT2D eigenvalue weighted by molar-refractivity contribution is 0.0223. The number of sulfonamides is 1. The third kappa shape index (κ3) is 3.59. The van der Waals surface area contributed by atoms with Crippen molar-refractivity contribution in [1.82, 2.24) is 4.89 Å². The van der Waals surface area contributed by atoms with E-state index in [0.717, 1.165) is 37.0 Å². The normalized spacial score (nSPS) is 16.5. The van der Waals surface area contributed by atoms with Gasteiger partial charge in [-0.3, -0.25) is 4.84 Å². The average Bonchev–Trinajstić information content (AvgIpc) is 3.05. The topological polar surface area (TPSA) is 81.7 Å². The lowest BCUT2D eigenvalue weighted by Gasteiger charge is -2.11. The van der Waals surface area contributed by atoms with Crippen LogP contribution in [-0.4, -0.2) is 27.6 Å². The number of halogens is 1. The van der Waals surface area contributed by atoms with Crippen molar-refractivity contribution in [2.75, 3.05) is 7.11 Å². The van der Waals surface area contributed by atoms with Crippen LogP contribution in [0.2, 0.25) is 0 Å². The maximum absolute atomic E-state index is 12.1. The maximum Gasteiger partial charge on any atom is 0.348 e. The van der Waals surface area contributed by atoms with E-state index in [9.17, 15) is 13.2 Å². The predicted molar refractivity (Wildman–Crippen MR) is 77.0 cm³/mol. The maximum atomic E-state index is 12.1. The van der Waals surface area contributed by atoms with Gasteiger partial charge in [-0.15, -0.1) is 11.3 Å². The standard InChI is InChI=1S/C11H14BrNO5S2/c1-17-11(14)8-6-9(10(12)19-8)20(15,16)13-18-7-4-2-3-5-7/h6-7,13H,2-5H2,1H3. The Balaban J connectivity index is 2.12. The molecule has 1 aromatic heterocycles. The quantitative estimate of drug-likeness (QED) is 0.623. The van der Waals surface area contributed by atoms with E-state index < -0.39 is 16.0 Å². The third-order valence-electron chi connectivity index (χ3n) is 2.96. The van der Waals surface area contributed by atoms with Crippen molar-refractivity contribution in [3.8, 4) is 0 Å². The van der Waals surface area contributed by atoms with Crippen LogP contribution in [0.1, 0.15) is 35.4 Å². The van der Waals surface area contributed by atoms with Gasteiger partial charge in [0.15, 0.2) is 0 Å². The summed E-state index contributed by atoms with van der Waals surface area (Å²) in [6.07, 6.45) is 3.70. The number of ether oxygens (including phenoxy) is 1. The lowest BCUT2D eigenvalue weighted by atomic mass is 10.3. The molecule has 9 heteroatoms. The number of carbonyl (C=O) groups is 1. The minimum Gasteiger partial charge on any atom is -0.465 e. The molecule has 0 unspecified atom stereocenters. The molecule has 6 nitrogen and oxygen atoms in total. The molecule has 0 atom stereocenters. The van der Waals surface area contributed by atoms with Gasteiger partial charge in [0.1, 0.15) is 9.77 Å².